The monoisotopic (exact) mass is 436 g/mol. The van der Waals surface area contributed by atoms with Gasteiger partial charge in [0.15, 0.2) is 0 Å². The molecule has 0 amide bonds. The third-order valence-corrected chi connectivity index (χ3v) is 5.17. The molecule has 4 aromatic rings. The van der Waals surface area contributed by atoms with Crippen molar-refractivity contribution in [3.63, 3.8) is 0 Å². The van der Waals surface area contributed by atoms with Gasteiger partial charge in [0.25, 0.3) is 5.56 Å². The molecule has 1 heterocycles. The van der Waals surface area contributed by atoms with E-state index < -0.39 is 24.6 Å². The van der Waals surface area contributed by atoms with Crippen LogP contribution in [-0.2, 0) is 13.3 Å². The second kappa shape index (κ2) is 8.58. The number of benzene rings is 3. The Morgan fingerprint density at radius 1 is 0.903 bits per heavy atom. The van der Waals surface area contributed by atoms with E-state index in [1.165, 1.54) is 18.2 Å². The van der Waals surface area contributed by atoms with Gasteiger partial charge in [-0.25, -0.2) is 18.1 Å². The minimum atomic E-state index is -1.01. The van der Waals surface area contributed by atoms with Crippen LogP contribution in [0.4, 0.5) is 8.78 Å². The number of hydrogen-bond acceptors (Lipinski definition) is 2. The molecule has 0 saturated heterocycles. The van der Waals surface area contributed by atoms with Crippen LogP contribution in [0.2, 0.25) is 5.02 Å². The normalized spacial score (nSPS) is 10.7. The second-order valence-electron chi connectivity index (χ2n) is 6.75. The summed E-state index contributed by atoms with van der Waals surface area (Å²) in [5.74, 6) is 5.99. The summed E-state index contributed by atoms with van der Waals surface area (Å²) < 4.78 is 27.5. The van der Waals surface area contributed by atoms with Crippen LogP contribution in [0.15, 0.2) is 70.3 Å². The van der Waals surface area contributed by atoms with Crippen molar-refractivity contribution < 1.29 is 8.78 Å². The summed E-state index contributed by atoms with van der Waals surface area (Å²) in [7, 11) is 0. The summed E-state index contributed by atoms with van der Waals surface area (Å²) in [6.07, 6.45) is 0. The molecule has 154 valence electrons. The van der Waals surface area contributed by atoms with Crippen LogP contribution in [0.5, 0.6) is 0 Å². The molecule has 31 heavy (non-hydrogen) atoms. The predicted octanol–water partition coefficient (Wildman–Crippen LogP) is 4.67. The molecular weight excluding hydrogens is 422 g/mol. The highest BCUT2D eigenvalue weighted by Gasteiger charge is 2.16. The zero-order chi connectivity index (χ0) is 22.0. The third kappa shape index (κ3) is 3.88. The van der Waals surface area contributed by atoms with Gasteiger partial charge in [0, 0.05) is 16.7 Å². The number of alkyl halides is 2. The maximum atomic E-state index is 13.5. The van der Waals surface area contributed by atoms with Crippen molar-refractivity contribution in [1.82, 2.24) is 9.55 Å². The van der Waals surface area contributed by atoms with Crippen molar-refractivity contribution in [2.75, 3.05) is 0 Å². The Balaban J connectivity index is 1.83. The van der Waals surface area contributed by atoms with Crippen LogP contribution in [0.3, 0.4) is 0 Å². The number of halogens is 3. The first-order chi connectivity index (χ1) is 15.0. The number of nitrogens with zero attached hydrogens (tertiary/aromatic N) is 1. The molecule has 0 unspecified atom stereocenters. The lowest BCUT2D eigenvalue weighted by atomic mass is 10.1. The molecule has 0 spiro atoms. The van der Waals surface area contributed by atoms with Crippen molar-refractivity contribution in [1.29, 1.82) is 0 Å². The lowest BCUT2D eigenvalue weighted by Gasteiger charge is -2.11. The fourth-order valence-electron chi connectivity index (χ4n) is 3.32. The summed E-state index contributed by atoms with van der Waals surface area (Å²) in [5.41, 5.74) is 0.163. The van der Waals surface area contributed by atoms with E-state index in [1.54, 1.807) is 12.1 Å². The Kier molecular flexibility index (Phi) is 5.70. The van der Waals surface area contributed by atoms with Crippen molar-refractivity contribution in [2.45, 2.75) is 13.3 Å². The van der Waals surface area contributed by atoms with Crippen LogP contribution in [0.25, 0.3) is 16.6 Å². The van der Waals surface area contributed by atoms with Gasteiger partial charge in [-0.05, 0) is 42.0 Å². The molecule has 1 N–H and O–H groups in total. The fraction of sp³-hybridized carbons (Fsp3) is 0.0833. The van der Waals surface area contributed by atoms with Crippen molar-refractivity contribution in [3.05, 3.63) is 109 Å². The first-order valence-electron chi connectivity index (χ1n) is 9.32. The van der Waals surface area contributed by atoms with Gasteiger partial charge < -0.3 is 4.98 Å². The number of rotatable bonds is 3. The molecule has 4 nitrogen and oxygen atoms in total. The minimum Gasteiger partial charge on any atom is -0.306 e. The number of H-pyrrole nitrogens is 1. The number of aromatic nitrogens is 2. The molecule has 0 fully saturated rings. The van der Waals surface area contributed by atoms with Crippen LogP contribution in [0, 0.1) is 11.8 Å². The number of hydrogen-bond donors (Lipinski definition) is 1. The van der Waals surface area contributed by atoms with Gasteiger partial charge in [-0.2, -0.15) is 0 Å². The standard InChI is InChI=1S/C24H15ClF2N2O2/c25-20-12-16(7-6-15-4-2-1-3-5-15)8-11-21(20)29-23(30)18-10-9-17(13-26)19(14-27)22(18)28-24(29)31/h1-5,8-12H,13-14H2,(H,28,31). The van der Waals surface area contributed by atoms with Crippen LogP contribution in [-0.4, -0.2) is 9.55 Å². The molecule has 1 aromatic heterocycles. The van der Waals surface area contributed by atoms with Crippen LogP contribution in [0.1, 0.15) is 22.3 Å². The minimum absolute atomic E-state index is 0.00892. The van der Waals surface area contributed by atoms with Gasteiger partial charge in [-0.3, -0.25) is 4.79 Å². The molecule has 0 bridgehead atoms. The first kappa shape index (κ1) is 20.6. The summed E-state index contributed by atoms with van der Waals surface area (Å²) in [6, 6.07) is 16.8. The average Bonchev–Trinajstić information content (AvgIpc) is 2.78. The van der Waals surface area contributed by atoms with Crippen molar-refractivity contribution in [3.8, 4) is 17.5 Å². The summed E-state index contributed by atoms with van der Waals surface area (Å²) in [6.45, 7) is -1.91. The van der Waals surface area contributed by atoms with Crippen LogP contribution >= 0.6 is 11.6 Å². The molecule has 4 rings (SSSR count). The van der Waals surface area contributed by atoms with Gasteiger partial charge in [-0.1, -0.05) is 47.7 Å². The van der Waals surface area contributed by atoms with Gasteiger partial charge >= 0.3 is 5.69 Å². The molecule has 7 heteroatoms. The highest BCUT2D eigenvalue weighted by atomic mass is 35.5. The van der Waals surface area contributed by atoms with E-state index in [9.17, 15) is 18.4 Å². The molecule has 0 aliphatic heterocycles. The van der Waals surface area contributed by atoms with E-state index in [0.717, 1.165) is 10.1 Å². The van der Waals surface area contributed by atoms with E-state index in [4.69, 9.17) is 11.6 Å². The number of fused-ring (bicyclic) bond motifs is 1. The highest BCUT2D eigenvalue weighted by Crippen LogP contribution is 2.23. The van der Waals surface area contributed by atoms with Crippen LogP contribution < -0.4 is 11.2 Å². The van der Waals surface area contributed by atoms with Gasteiger partial charge in [0.05, 0.1) is 21.6 Å². The van der Waals surface area contributed by atoms with Crippen molar-refractivity contribution in [2.24, 2.45) is 0 Å². The topological polar surface area (TPSA) is 54.9 Å². The molecule has 0 aliphatic rings. The van der Waals surface area contributed by atoms with E-state index >= 15 is 0 Å². The summed E-state index contributed by atoms with van der Waals surface area (Å²) >= 11 is 6.36. The van der Waals surface area contributed by atoms with Gasteiger partial charge in [0.1, 0.15) is 13.3 Å². The Morgan fingerprint density at radius 2 is 1.65 bits per heavy atom. The van der Waals surface area contributed by atoms with Gasteiger partial charge in [0.2, 0.25) is 0 Å². The van der Waals surface area contributed by atoms with E-state index in [0.29, 0.717) is 5.56 Å². The lowest BCUT2D eigenvalue weighted by Crippen LogP contribution is -2.34. The van der Waals surface area contributed by atoms with E-state index in [1.807, 2.05) is 30.3 Å². The summed E-state index contributed by atoms with van der Waals surface area (Å²) in [5, 5.41) is 0.214. The molecule has 0 aliphatic carbocycles. The average molecular weight is 437 g/mol. The molecule has 0 saturated carbocycles. The third-order valence-electron chi connectivity index (χ3n) is 4.87. The molecule has 3 aromatic carbocycles. The predicted molar refractivity (Wildman–Crippen MR) is 117 cm³/mol. The number of nitrogens with one attached hydrogen (secondary N) is 1. The first-order valence-corrected chi connectivity index (χ1v) is 9.70. The quantitative estimate of drug-likeness (QED) is 0.474. The Bertz CT molecular complexity index is 1460. The Hall–Kier alpha value is -3.69. The van der Waals surface area contributed by atoms with Gasteiger partial charge in [-0.15, -0.1) is 0 Å². The second-order valence-corrected chi connectivity index (χ2v) is 7.15. The molecule has 0 atom stereocenters. The highest BCUT2D eigenvalue weighted by molar-refractivity contribution is 6.32. The SMILES string of the molecule is O=c1[nH]c2c(CF)c(CF)ccc2c(=O)n1-c1ccc(C#Cc2ccccc2)cc1Cl. The Morgan fingerprint density at radius 3 is 2.32 bits per heavy atom. The lowest BCUT2D eigenvalue weighted by molar-refractivity contribution is 0.456. The largest absolute Gasteiger partial charge is 0.333 e. The Labute approximate surface area is 180 Å². The molecule has 0 radical (unpaired) electrons. The smallest absolute Gasteiger partial charge is 0.306 e. The zero-order valence-corrected chi connectivity index (χ0v) is 16.8. The maximum absolute atomic E-state index is 13.5. The maximum Gasteiger partial charge on any atom is 0.333 e. The number of aromatic amines is 1. The van der Waals surface area contributed by atoms with E-state index in [2.05, 4.69) is 16.8 Å². The van der Waals surface area contributed by atoms with E-state index in [-0.39, 0.29) is 32.7 Å². The fourth-order valence-corrected chi connectivity index (χ4v) is 3.58. The molecular formula is C24H15ClF2N2O2. The summed E-state index contributed by atoms with van der Waals surface area (Å²) in [4.78, 5) is 28.2. The zero-order valence-electron chi connectivity index (χ0n) is 16.1. The van der Waals surface area contributed by atoms with Crippen molar-refractivity contribution >= 4 is 22.5 Å².